The molecule has 0 radical (unpaired) electrons. The lowest BCUT2D eigenvalue weighted by atomic mass is 10.2. The van der Waals surface area contributed by atoms with Gasteiger partial charge in [0, 0.05) is 6.42 Å². The Labute approximate surface area is 130 Å². The summed E-state index contributed by atoms with van der Waals surface area (Å²) in [5.41, 5.74) is 0. The Hall–Kier alpha value is -0.813. The van der Waals surface area contributed by atoms with E-state index in [1.165, 1.54) is 6.08 Å². The summed E-state index contributed by atoms with van der Waals surface area (Å²) in [6.45, 7) is 14.0. The largest absolute Gasteiger partial charge is 0.546 e. The molecule has 0 aromatic heterocycles. The lowest BCUT2D eigenvalue weighted by molar-refractivity contribution is -0.137. The minimum atomic E-state index is -1.93. The van der Waals surface area contributed by atoms with Crippen LogP contribution < -0.4 is 0 Å². The third-order valence-corrected chi connectivity index (χ3v) is 8.49. The van der Waals surface area contributed by atoms with Gasteiger partial charge < -0.3 is 13.9 Å². The first-order valence-electron chi connectivity index (χ1n) is 7.83. The fourth-order valence-corrected chi connectivity index (χ4v) is 2.81. The first kappa shape index (κ1) is 18.2. The van der Waals surface area contributed by atoms with Crippen LogP contribution in [-0.2, 0) is 18.7 Å². The zero-order chi connectivity index (χ0) is 16.1. The number of hydrogen-bond acceptors (Lipinski definition) is 4. The molecule has 5 heteroatoms. The smallest absolute Gasteiger partial charge is 0.334 e. The highest BCUT2D eigenvalue weighted by molar-refractivity contribution is 6.74. The first-order chi connectivity index (χ1) is 9.65. The molecule has 1 unspecified atom stereocenters. The van der Waals surface area contributed by atoms with Gasteiger partial charge in [0.2, 0.25) is 8.32 Å². The molecule has 1 aliphatic heterocycles. The van der Waals surface area contributed by atoms with E-state index >= 15 is 0 Å². The number of carbonyl (C=O) groups is 1. The predicted octanol–water partition coefficient (Wildman–Crippen LogP) is 4.02. The van der Waals surface area contributed by atoms with E-state index in [1.54, 1.807) is 0 Å². The van der Waals surface area contributed by atoms with E-state index in [-0.39, 0.29) is 11.0 Å². The summed E-state index contributed by atoms with van der Waals surface area (Å²) in [6, 6.07) is 0. The van der Waals surface area contributed by atoms with Gasteiger partial charge in [0.15, 0.2) is 0 Å². The van der Waals surface area contributed by atoms with E-state index in [1.807, 2.05) is 6.92 Å². The second kappa shape index (κ2) is 7.45. The minimum absolute atomic E-state index is 0.111. The minimum Gasteiger partial charge on any atom is -0.546 e. The molecule has 4 nitrogen and oxygen atoms in total. The van der Waals surface area contributed by atoms with Crippen LogP contribution in [0.15, 0.2) is 11.8 Å². The highest BCUT2D eigenvalue weighted by atomic mass is 28.4. The molecule has 21 heavy (non-hydrogen) atoms. The van der Waals surface area contributed by atoms with Gasteiger partial charge in [-0.2, -0.15) is 0 Å². The van der Waals surface area contributed by atoms with E-state index in [0.717, 1.165) is 31.6 Å². The number of hydrogen-bond donors (Lipinski definition) is 0. The van der Waals surface area contributed by atoms with Crippen molar-refractivity contribution in [1.29, 1.82) is 0 Å². The first-order valence-corrected chi connectivity index (χ1v) is 10.7. The van der Waals surface area contributed by atoms with Crippen molar-refractivity contribution in [3.63, 3.8) is 0 Å². The molecule has 1 heterocycles. The molecule has 122 valence electrons. The van der Waals surface area contributed by atoms with Crippen molar-refractivity contribution in [3.8, 4) is 0 Å². The molecular formula is C16H30O4Si. The molecular weight excluding hydrogens is 284 g/mol. The molecule has 0 bridgehead atoms. The van der Waals surface area contributed by atoms with Crippen molar-refractivity contribution >= 4 is 14.3 Å². The van der Waals surface area contributed by atoms with Gasteiger partial charge in [0.05, 0.1) is 31.2 Å². The molecule has 1 aliphatic rings. The van der Waals surface area contributed by atoms with E-state index in [2.05, 4.69) is 33.9 Å². The average molecular weight is 314 g/mol. The highest BCUT2D eigenvalue weighted by Gasteiger charge is 2.39. The van der Waals surface area contributed by atoms with Crippen molar-refractivity contribution in [2.24, 2.45) is 0 Å². The molecule has 0 saturated carbocycles. The number of rotatable bonds is 8. The summed E-state index contributed by atoms with van der Waals surface area (Å²) in [5.74, 6) is 0.453. The lowest BCUT2D eigenvalue weighted by Gasteiger charge is -2.37. The predicted molar refractivity (Wildman–Crippen MR) is 86.6 cm³/mol. The molecule has 1 saturated heterocycles. The molecule has 0 aliphatic carbocycles. The average Bonchev–Trinajstić information content (AvgIpc) is 3.11. The fourth-order valence-electron chi connectivity index (χ4n) is 1.69. The van der Waals surface area contributed by atoms with Gasteiger partial charge in [0.1, 0.15) is 0 Å². The van der Waals surface area contributed by atoms with Crippen molar-refractivity contribution in [2.75, 3.05) is 13.2 Å². The third-order valence-electron chi connectivity index (χ3n) is 4.11. The Morgan fingerprint density at radius 2 is 2.00 bits per heavy atom. The normalized spacial score (nSPS) is 19.3. The molecule has 0 spiro atoms. The second-order valence-electron chi connectivity index (χ2n) is 7.07. The van der Waals surface area contributed by atoms with Gasteiger partial charge in [0.25, 0.3) is 0 Å². The fraction of sp³-hybridized carbons (Fsp3) is 0.812. The summed E-state index contributed by atoms with van der Waals surface area (Å²) in [7, 11) is -1.93. The molecule has 0 aromatic carbocycles. The number of esters is 1. The van der Waals surface area contributed by atoms with Gasteiger partial charge in [-0.25, -0.2) is 4.79 Å². The lowest BCUT2D eigenvalue weighted by Crippen LogP contribution is -2.40. The van der Waals surface area contributed by atoms with Crippen LogP contribution in [0.1, 0.15) is 47.0 Å². The standard InChI is InChI=1S/C16H30O4Si/c1-7-18-15(17)11-13(9-8-10-14-12-19-14)20-21(5,6)16(2,3)4/h11,14H,7-10,12H2,1-6H3/b13-11+. The molecule has 1 fully saturated rings. The van der Waals surface area contributed by atoms with Crippen LogP contribution in [0.2, 0.25) is 18.1 Å². The maximum absolute atomic E-state index is 11.7. The van der Waals surface area contributed by atoms with Gasteiger partial charge in [-0.05, 0) is 37.9 Å². The van der Waals surface area contributed by atoms with E-state index in [9.17, 15) is 4.79 Å². The van der Waals surface area contributed by atoms with Gasteiger partial charge in [-0.15, -0.1) is 0 Å². The van der Waals surface area contributed by atoms with Gasteiger partial charge in [-0.1, -0.05) is 20.8 Å². The monoisotopic (exact) mass is 314 g/mol. The number of ether oxygens (including phenoxy) is 2. The Morgan fingerprint density at radius 1 is 1.38 bits per heavy atom. The van der Waals surface area contributed by atoms with Crippen LogP contribution in [0.3, 0.4) is 0 Å². The number of allylic oxidation sites excluding steroid dienone is 1. The summed E-state index contributed by atoms with van der Waals surface area (Å²) in [4.78, 5) is 11.7. The van der Waals surface area contributed by atoms with Crippen LogP contribution in [0.5, 0.6) is 0 Å². The molecule has 0 N–H and O–H groups in total. The quantitative estimate of drug-likeness (QED) is 0.223. The molecule has 1 atom stereocenters. The van der Waals surface area contributed by atoms with Crippen LogP contribution in [0, 0.1) is 0 Å². The Bertz CT molecular complexity index is 378. The zero-order valence-electron chi connectivity index (χ0n) is 14.3. The summed E-state index contributed by atoms with van der Waals surface area (Å²) in [6.07, 6.45) is 4.72. The number of carbonyl (C=O) groups excluding carboxylic acids is 1. The van der Waals surface area contributed by atoms with Crippen LogP contribution in [0.25, 0.3) is 0 Å². The highest BCUT2D eigenvalue weighted by Crippen LogP contribution is 2.38. The van der Waals surface area contributed by atoms with Gasteiger partial charge in [-0.3, -0.25) is 0 Å². The van der Waals surface area contributed by atoms with Crippen molar-refractivity contribution in [2.45, 2.75) is 71.2 Å². The topological polar surface area (TPSA) is 48.1 Å². The Morgan fingerprint density at radius 3 is 2.48 bits per heavy atom. The van der Waals surface area contributed by atoms with Gasteiger partial charge >= 0.3 is 5.97 Å². The van der Waals surface area contributed by atoms with E-state index in [0.29, 0.717) is 12.7 Å². The Balaban J connectivity index is 2.67. The third kappa shape index (κ3) is 6.65. The SMILES string of the molecule is CCOC(=O)/C=C(\CCCC1CO1)O[Si](C)(C)C(C)(C)C. The molecule has 1 rings (SSSR count). The Kier molecular flexibility index (Phi) is 6.47. The summed E-state index contributed by atoms with van der Waals surface area (Å²) < 4.78 is 16.5. The zero-order valence-corrected chi connectivity index (χ0v) is 15.3. The maximum Gasteiger partial charge on any atom is 0.334 e. The maximum atomic E-state index is 11.7. The number of epoxide rings is 1. The van der Waals surface area contributed by atoms with Crippen molar-refractivity contribution < 1.29 is 18.7 Å². The molecule has 0 aromatic rings. The van der Waals surface area contributed by atoms with Crippen molar-refractivity contribution in [1.82, 2.24) is 0 Å². The summed E-state index contributed by atoms with van der Waals surface area (Å²) >= 11 is 0. The van der Waals surface area contributed by atoms with Crippen molar-refractivity contribution in [3.05, 3.63) is 11.8 Å². The summed E-state index contributed by atoms with van der Waals surface area (Å²) in [5, 5.41) is 0.111. The van der Waals surface area contributed by atoms with E-state index < -0.39 is 8.32 Å². The van der Waals surface area contributed by atoms with E-state index in [4.69, 9.17) is 13.9 Å². The second-order valence-corrected chi connectivity index (χ2v) is 11.8. The van der Waals surface area contributed by atoms with Crippen LogP contribution in [0.4, 0.5) is 0 Å². The molecule has 0 amide bonds. The van der Waals surface area contributed by atoms with Crippen LogP contribution >= 0.6 is 0 Å². The van der Waals surface area contributed by atoms with Crippen LogP contribution in [-0.4, -0.2) is 33.6 Å².